The molecule has 0 aliphatic carbocycles. The number of hydrogen-bond acceptors (Lipinski definition) is 9. The van der Waals surface area contributed by atoms with Crippen molar-refractivity contribution >= 4 is 22.7 Å². The first kappa shape index (κ1) is 22.5. The monoisotopic (exact) mass is 476 g/mol. The van der Waals surface area contributed by atoms with Crippen LogP contribution in [0.25, 0.3) is 27.7 Å². The largest absolute Gasteiger partial charge is 0.506 e. The van der Waals surface area contributed by atoms with Gasteiger partial charge in [0.15, 0.2) is 0 Å². The van der Waals surface area contributed by atoms with E-state index in [4.69, 9.17) is 10.7 Å². The van der Waals surface area contributed by atoms with Crippen molar-refractivity contribution in [3.8, 4) is 28.6 Å². The third-order valence-corrected chi connectivity index (χ3v) is 5.64. The lowest BCUT2D eigenvalue weighted by molar-refractivity contribution is 0.473. The Bertz CT molecular complexity index is 1690. The van der Waals surface area contributed by atoms with E-state index in [0.29, 0.717) is 33.5 Å². The van der Waals surface area contributed by atoms with Gasteiger partial charge < -0.3 is 16.2 Å². The fraction of sp³-hybridized carbons (Fsp3) is 0.0769. The fourth-order valence-electron chi connectivity index (χ4n) is 4.04. The Morgan fingerprint density at radius 3 is 2.64 bits per heavy atom. The summed E-state index contributed by atoms with van der Waals surface area (Å²) in [6.07, 6.45) is 4.25. The van der Waals surface area contributed by atoms with Crippen molar-refractivity contribution in [1.29, 1.82) is 5.26 Å². The molecule has 0 bridgehead atoms. The van der Waals surface area contributed by atoms with Gasteiger partial charge in [-0.1, -0.05) is 30.3 Å². The number of nitriles is 1. The number of nitrogen functional groups attached to an aromatic ring is 1. The van der Waals surface area contributed by atoms with Crippen LogP contribution in [-0.2, 0) is 0 Å². The van der Waals surface area contributed by atoms with Crippen LogP contribution in [0.5, 0.6) is 5.75 Å². The lowest BCUT2D eigenvalue weighted by Gasteiger charge is -2.21. The van der Waals surface area contributed by atoms with Crippen LogP contribution in [-0.4, -0.2) is 29.6 Å². The molecule has 0 unspecified atom stereocenters. The quantitative estimate of drug-likeness (QED) is 0.345. The van der Waals surface area contributed by atoms with Gasteiger partial charge in [-0.15, -0.1) is 0 Å². The number of nitrogens with one attached hydrogen (secondary N) is 1. The van der Waals surface area contributed by atoms with E-state index in [1.807, 2.05) is 43.3 Å². The number of para-hydroxylation sites is 1. The summed E-state index contributed by atoms with van der Waals surface area (Å²) in [6, 6.07) is 17.5. The number of aromatic nitrogens is 5. The minimum absolute atomic E-state index is 0.00675. The number of pyridine rings is 1. The molecular weight excluding hydrogens is 456 g/mol. The molecule has 2 aromatic carbocycles. The Kier molecular flexibility index (Phi) is 5.72. The Hall–Kier alpha value is -5.30. The second-order valence-corrected chi connectivity index (χ2v) is 8.05. The SMILES string of the molecule is C[C@H](Nc1nc(N)ncc1C#N)c1nc2cccc(-c3cncc(O)c3)c2c(=O)n1-c1ccccc1. The van der Waals surface area contributed by atoms with Crippen LogP contribution in [0.2, 0.25) is 0 Å². The highest BCUT2D eigenvalue weighted by Gasteiger charge is 2.21. The maximum atomic E-state index is 14.1. The van der Waals surface area contributed by atoms with Gasteiger partial charge in [-0.2, -0.15) is 10.2 Å². The van der Waals surface area contributed by atoms with Gasteiger partial charge in [-0.3, -0.25) is 14.3 Å². The molecule has 0 fully saturated rings. The summed E-state index contributed by atoms with van der Waals surface area (Å²) in [7, 11) is 0. The highest BCUT2D eigenvalue weighted by molar-refractivity contribution is 5.94. The lowest BCUT2D eigenvalue weighted by atomic mass is 10.0. The minimum Gasteiger partial charge on any atom is -0.506 e. The van der Waals surface area contributed by atoms with Gasteiger partial charge in [-0.05, 0) is 36.8 Å². The standard InChI is InChI=1S/C26H20N8O2/c1-15(31-23-17(11-27)13-30-26(28)33-23)24-32-21-9-5-8-20(16-10-19(35)14-29-12-16)22(21)25(36)34(24)18-6-3-2-4-7-18/h2-10,12-15,35H,1H3,(H3,28,30,31,33)/t15-/m0/s1. The van der Waals surface area contributed by atoms with Crippen LogP contribution in [0.4, 0.5) is 11.8 Å². The summed E-state index contributed by atoms with van der Waals surface area (Å²) >= 11 is 0. The Morgan fingerprint density at radius 1 is 1.08 bits per heavy atom. The molecule has 0 amide bonds. The van der Waals surface area contributed by atoms with E-state index in [0.717, 1.165) is 0 Å². The number of fused-ring (bicyclic) bond motifs is 1. The highest BCUT2D eigenvalue weighted by Crippen LogP contribution is 2.29. The number of hydrogen-bond donors (Lipinski definition) is 3. The van der Waals surface area contributed by atoms with Crippen molar-refractivity contribution in [2.75, 3.05) is 11.1 Å². The Balaban J connectivity index is 1.75. The predicted octanol–water partition coefficient (Wildman–Crippen LogP) is 3.57. The van der Waals surface area contributed by atoms with E-state index >= 15 is 0 Å². The second kappa shape index (κ2) is 9.15. The van der Waals surface area contributed by atoms with Crippen molar-refractivity contribution < 1.29 is 5.11 Å². The fourth-order valence-corrected chi connectivity index (χ4v) is 4.04. The predicted molar refractivity (Wildman–Crippen MR) is 135 cm³/mol. The van der Waals surface area contributed by atoms with Crippen LogP contribution in [0.15, 0.2) is 78.0 Å². The minimum atomic E-state index is -0.546. The van der Waals surface area contributed by atoms with Crippen molar-refractivity contribution in [2.24, 2.45) is 0 Å². The molecule has 0 saturated heterocycles. The Labute approximate surface area is 205 Å². The summed E-state index contributed by atoms with van der Waals surface area (Å²) in [4.78, 5) is 31.0. The van der Waals surface area contributed by atoms with Crippen molar-refractivity contribution in [1.82, 2.24) is 24.5 Å². The summed E-state index contributed by atoms with van der Waals surface area (Å²) in [6.45, 7) is 1.81. The molecular formula is C26H20N8O2. The number of rotatable bonds is 5. The summed E-state index contributed by atoms with van der Waals surface area (Å²) in [5.41, 5.74) is 7.93. The second-order valence-electron chi connectivity index (χ2n) is 8.05. The molecule has 10 heteroatoms. The number of aromatic hydroxyl groups is 1. The van der Waals surface area contributed by atoms with Crippen molar-refractivity contribution in [3.05, 3.63) is 94.9 Å². The van der Waals surface area contributed by atoms with Crippen LogP contribution in [0.3, 0.4) is 0 Å². The van der Waals surface area contributed by atoms with Crippen LogP contribution in [0.1, 0.15) is 24.4 Å². The third kappa shape index (κ3) is 4.05. The van der Waals surface area contributed by atoms with E-state index in [2.05, 4.69) is 20.3 Å². The molecule has 36 heavy (non-hydrogen) atoms. The number of anilines is 2. The number of nitrogens with two attached hydrogens (primary N) is 1. The summed E-state index contributed by atoms with van der Waals surface area (Å²) in [5.74, 6) is 0.657. The zero-order chi connectivity index (χ0) is 25.2. The van der Waals surface area contributed by atoms with Crippen LogP contribution in [0, 0.1) is 11.3 Å². The topological polar surface area (TPSA) is 156 Å². The van der Waals surface area contributed by atoms with Gasteiger partial charge in [0, 0.05) is 11.8 Å². The van der Waals surface area contributed by atoms with Crippen LogP contribution >= 0.6 is 0 Å². The first-order valence-corrected chi connectivity index (χ1v) is 11.0. The summed E-state index contributed by atoms with van der Waals surface area (Å²) in [5, 5.41) is 23.0. The zero-order valence-electron chi connectivity index (χ0n) is 19.1. The van der Waals surface area contributed by atoms with E-state index < -0.39 is 6.04 Å². The number of benzene rings is 2. The zero-order valence-corrected chi connectivity index (χ0v) is 19.1. The molecule has 0 aliphatic heterocycles. The smallest absolute Gasteiger partial charge is 0.266 e. The van der Waals surface area contributed by atoms with Gasteiger partial charge in [0.1, 0.15) is 29.0 Å². The molecule has 5 rings (SSSR count). The van der Waals surface area contributed by atoms with Crippen molar-refractivity contribution in [3.63, 3.8) is 0 Å². The summed E-state index contributed by atoms with van der Waals surface area (Å²) < 4.78 is 1.52. The molecule has 5 aromatic rings. The molecule has 10 nitrogen and oxygen atoms in total. The van der Waals surface area contributed by atoms with Gasteiger partial charge >= 0.3 is 0 Å². The molecule has 0 aliphatic rings. The van der Waals surface area contributed by atoms with Gasteiger partial charge in [-0.25, -0.2) is 9.97 Å². The molecule has 176 valence electrons. The first-order chi connectivity index (χ1) is 17.5. The van der Waals surface area contributed by atoms with Gasteiger partial charge in [0.2, 0.25) is 5.95 Å². The van der Waals surface area contributed by atoms with Crippen LogP contribution < -0.4 is 16.6 Å². The molecule has 0 spiro atoms. The average Bonchev–Trinajstić information content (AvgIpc) is 2.89. The van der Waals surface area contributed by atoms with E-state index in [1.165, 1.54) is 17.0 Å². The molecule has 1 atom stereocenters. The lowest BCUT2D eigenvalue weighted by Crippen LogP contribution is -2.28. The maximum absolute atomic E-state index is 14.1. The normalized spacial score (nSPS) is 11.7. The maximum Gasteiger partial charge on any atom is 0.266 e. The van der Waals surface area contributed by atoms with Gasteiger partial charge in [0.25, 0.3) is 5.56 Å². The molecule has 3 heterocycles. The highest BCUT2D eigenvalue weighted by atomic mass is 16.3. The Morgan fingerprint density at radius 2 is 1.89 bits per heavy atom. The first-order valence-electron chi connectivity index (χ1n) is 11.0. The molecule has 0 saturated carbocycles. The van der Waals surface area contributed by atoms with E-state index in [9.17, 15) is 15.2 Å². The van der Waals surface area contributed by atoms with Gasteiger partial charge in [0.05, 0.1) is 35.0 Å². The number of nitrogens with zero attached hydrogens (tertiary/aromatic N) is 6. The molecule has 4 N–H and O–H groups in total. The molecule has 0 radical (unpaired) electrons. The van der Waals surface area contributed by atoms with E-state index in [-0.39, 0.29) is 28.6 Å². The molecule has 3 aromatic heterocycles. The van der Waals surface area contributed by atoms with E-state index in [1.54, 1.807) is 30.5 Å². The van der Waals surface area contributed by atoms with Crippen molar-refractivity contribution in [2.45, 2.75) is 13.0 Å². The third-order valence-electron chi connectivity index (χ3n) is 5.64. The average molecular weight is 477 g/mol.